The van der Waals surface area contributed by atoms with Crippen molar-refractivity contribution in [1.82, 2.24) is 10.6 Å². The smallest absolute Gasteiger partial charge is 0.237 e. The zero-order valence-electron chi connectivity index (χ0n) is 9.79. The number of carbonyl (C=O) groups excluding carboxylic acids is 1. The van der Waals surface area contributed by atoms with E-state index in [0.717, 1.165) is 12.8 Å². The van der Waals surface area contributed by atoms with Crippen molar-refractivity contribution >= 4 is 5.91 Å². The minimum atomic E-state index is -0.431. The highest BCUT2D eigenvalue weighted by Crippen LogP contribution is 2.10. The molecule has 1 aliphatic rings. The zero-order chi connectivity index (χ0) is 11.4. The predicted molar refractivity (Wildman–Crippen MR) is 59.5 cm³/mol. The molecule has 15 heavy (non-hydrogen) atoms. The van der Waals surface area contributed by atoms with Crippen LogP contribution in [-0.2, 0) is 4.79 Å². The summed E-state index contributed by atoms with van der Waals surface area (Å²) in [6.45, 7) is 6.72. The minimum absolute atomic E-state index is 0.0106. The summed E-state index contributed by atoms with van der Waals surface area (Å²) < 4.78 is 0. The second-order valence-corrected chi connectivity index (χ2v) is 4.60. The molecule has 1 rings (SSSR count). The van der Waals surface area contributed by atoms with Gasteiger partial charge in [0.15, 0.2) is 0 Å². The zero-order valence-corrected chi connectivity index (χ0v) is 9.79. The van der Waals surface area contributed by atoms with Crippen LogP contribution in [0.25, 0.3) is 0 Å². The lowest BCUT2D eigenvalue weighted by molar-refractivity contribution is -0.127. The first-order chi connectivity index (χ1) is 7.06. The molecule has 0 radical (unpaired) electrons. The van der Waals surface area contributed by atoms with Gasteiger partial charge in [0.1, 0.15) is 0 Å². The monoisotopic (exact) mass is 214 g/mol. The van der Waals surface area contributed by atoms with E-state index in [1.54, 1.807) is 0 Å². The molecule has 0 saturated carbocycles. The molecule has 88 valence electrons. The minimum Gasteiger partial charge on any atom is -0.391 e. The van der Waals surface area contributed by atoms with Gasteiger partial charge >= 0.3 is 0 Å². The molecule has 0 spiro atoms. The van der Waals surface area contributed by atoms with Gasteiger partial charge in [-0.1, -0.05) is 27.2 Å². The number of aliphatic hydroxyl groups excluding tert-OH is 1. The average molecular weight is 214 g/mol. The Hall–Kier alpha value is -0.610. The van der Waals surface area contributed by atoms with Crippen molar-refractivity contribution in [3.05, 3.63) is 0 Å². The van der Waals surface area contributed by atoms with Crippen LogP contribution < -0.4 is 10.6 Å². The van der Waals surface area contributed by atoms with Crippen molar-refractivity contribution in [2.75, 3.05) is 6.54 Å². The van der Waals surface area contributed by atoms with Crippen molar-refractivity contribution in [1.29, 1.82) is 0 Å². The third-order valence-electron chi connectivity index (χ3n) is 2.88. The highest BCUT2D eigenvalue weighted by Gasteiger charge is 2.32. The van der Waals surface area contributed by atoms with Gasteiger partial charge in [-0.25, -0.2) is 0 Å². The standard InChI is InChI=1S/C11H22N2O2/c1-4-5-9(14)8-6-12-10(7(2)3)11(15)13-8/h7-10,12,14H,4-6H2,1-3H3,(H,13,15)/t8-,9+,10+/m1/s1. The van der Waals surface area contributed by atoms with Gasteiger partial charge in [-0.05, 0) is 12.3 Å². The first-order valence-corrected chi connectivity index (χ1v) is 5.78. The predicted octanol–water partition coefficient (Wildman–Crippen LogP) is 0.260. The number of aliphatic hydroxyl groups is 1. The Morgan fingerprint density at radius 2 is 2.20 bits per heavy atom. The van der Waals surface area contributed by atoms with E-state index in [2.05, 4.69) is 10.6 Å². The summed E-state index contributed by atoms with van der Waals surface area (Å²) in [7, 11) is 0. The van der Waals surface area contributed by atoms with Crippen LogP contribution in [0.2, 0.25) is 0 Å². The van der Waals surface area contributed by atoms with Crippen LogP contribution in [0.1, 0.15) is 33.6 Å². The SMILES string of the molecule is CCC[C@H](O)[C@H]1CN[C@@H](C(C)C)C(=O)N1. The number of hydrogen-bond acceptors (Lipinski definition) is 3. The maximum atomic E-state index is 11.7. The third kappa shape index (κ3) is 3.18. The molecule has 0 bridgehead atoms. The Morgan fingerprint density at radius 3 is 2.67 bits per heavy atom. The first-order valence-electron chi connectivity index (χ1n) is 5.78. The van der Waals surface area contributed by atoms with Crippen LogP contribution >= 0.6 is 0 Å². The van der Waals surface area contributed by atoms with Gasteiger partial charge in [0.05, 0.1) is 18.2 Å². The number of amides is 1. The molecule has 0 unspecified atom stereocenters. The maximum absolute atomic E-state index is 11.7. The number of rotatable bonds is 4. The summed E-state index contributed by atoms with van der Waals surface area (Å²) in [5.74, 6) is 0.297. The van der Waals surface area contributed by atoms with E-state index in [1.165, 1.54) is 0 Å². The van der Waals surface area contributed by atoms with Crippen LogP contribution in [0.5, 0.6) is 0 Å². The third-order valence-corrected chi connectivity index (χ3v) is 2.88. The number of nitrogens with one attached hydrogen (secondary N) is 2. The molecule has 4 heteroatoms. The molecule has 1 saturated heterocycles. The molecule has 1 aliphatic heterocycles. The molecule has 4 nitrogen and oxygen atoms in total. The fraction of sp³-hybridized carbons (Fsp3) is 0.909. The topological polar surface area (TPSA) is 61.4 Å². The van der Waals surface area contributed by atoms with E-state index in [-0.39, 0.29) is 23.9 Å². The lowest BCUT2D eigenvalue weighted by Crippen LogP contribution is -2.63. The lowest BCUT2D eigenvalue weighted by Gasteiger charge is -2.34. The molecule has 0 aliphatic carbocycles. The quantitative estimate of drug-likeness (QED) is 0.629. The molecular weight excluding hydrogens is 192 g/mol. The van der Waals surface area contributed by atoms with E-state index in [9.17, 15) is 9.90 Å². The van der Waals surface area contributed by atoms with Gasteiger partial charge in [-0.2, -0.15) is 0 Å². The van der Waals surface area contributed by atoms with Gasteiger partial charge in [-0.3, -0.25) is 4.79 Å². The lowest BCUT2D eigenvalue weighted by atomic mass is 9.97. The van der Waals surface area contributed by atoms with Gasteiger partial charge < -0.3 is 15.7 Å². The molecule has 1 fully saturated rings. The summed E-state index contributed by atoms with van der Waals surface area (Å²) >= 11 is 0. The van der Waals surface area contributed by atoms with Crippen LogP contribution in [0.15, 0.2) is 0 Å². The van der Waals surface area contributed by atoms with Crippen molar-refractivity contribution in [3.63, 3.8) is 0 Å². The summed E-state index contributed by atoms with van der Waals surface area (Å²) in [5, 5.41) is 15.8. The summed E-state index contributed by atoms with van der Waals surface area (Å²) in [6.07, 6.45) is 1.24. The highest BCUT2D eigenvalue weighted by molar-refractivity contribution is 5.83. The van der Waals surface area contributed by atoms with Crippen LogP contribution in [-0.4, -0.2) is 35.7 Å². The van der Waals surface area contributed by atoms with Crippen molar-refractivity contribution < 1.29 is 9.90 Å². The van der Waals surface area contributed by atoms with E-state index >= 15 is 0 Å². The molecule has 3 N–H and O–H groups in total. The summed E-state index contributed by atoms with van der Waals surface area (Å²) in [5.41, 5.74) is 0. The Labute approximate surface area is 91.4 Å². The van der Waals surface area contributed by atoms with E-state index in [4.69, 9.17) is 0 Å². The van der Waals surface area contributed by atoms with Crippen molar-refractivity contribution in [2.45, 2.75) is 51.8 Å². The molecule has 0 aromatic rings. The van der Waals surface area contributed by atoms with Crippen LogP contribution in [0, 0.1) is 5.92 Å². The molecule has 1 amide bonds. The molecule has 1 heterocycles. The molecule has 0 aromatic carbocycles. The summed E-state index contributed by atoms with van der Waals surface area (Å²) in [4.78, 5) is 11.7. The Kier molecular flexibility index (Phi) is 4.54. The Morgan fingerprint density at radius 1 is 1.53 bits per heavy atom. The fourth-order valence-corrected chi connectivity index (χ4v) is 1.94. The van der Waals surface area contributed by atoms with Gasteiger partial charge in [0.25, 0.3) is 0 Å². The van der Waals surface area contributed by atoms with Crippen LogP contribution in [0.3, 0.4) is 0 Å². The van der Waals surface area contributed by atoms with Crippen LogP contribution in [0.4, 0.5) is 0 Å². The fourth-order valence-electron chi connectivity index (χ4n) is 1.94. The van der Waals surface area contributed by atoms with Gasteiger partial charge in [0, 0.05) is 6.54 Å². The van der Waals surface area contributed by atoms with E-state index in [1.807, 2.05) is 20.8 Å². The Balaban J connectivity index is 2.47. The molecule has 0 aromatic heterocycles. The largest absolute Gasteiger partial charge is 0.391 e. The van der Waals surface area contributed by atoms with Crippen molar-refractivity contribution in [3.8, 4) is 0 Å². The van der Waals surface area contributed by atoms with Gasteiger partial charge in [0.2, 0.25) is 5.91 Å². The first kappa shape index (κ1) is 12.5. The maximum Gasteiger partial charge on any atom is 0.237 e. The van der Waals surface area contributed by atoms with E-state index < -0.39 is 6.10 Å². The number of hydrogen-bond donors (Lipinski definition) is 3. The second kappa shape index (κ2) is 5.47. The molecular formula is C11H22N2O2. The highest BCUT2D eigenvalue weighted by atomic mass is 16.3. The number of carbonyl (C=O) groups is 1. The van der Waals surface area contributed by atoms with Crippen molar-refractivity contribution in [2.24, 2.45) is 5.92 Å². The number of piperazine rings is 1. The van der Waals surface area contributed by atoms with Gasteiger partial charge in [-0.15, -0.1) is 0 Å². The second-order valence-electron chi connectivity index (χ2n) is 4.60. The Bertz CT molecular complexity index is 219. The normalized spacial score (nSPS) is 29.0. The molecule has 3 atom stereocenters. The average Bonchev–Trinajstić information content (AvgIpc) is 2.17. The van der Waals surface area contributed by atoms with E-state index in [0.29, 0.717) is 6.54 Å². The summed E-state index contributed by atoms with van der Waals surface area (Å²) in [6, 6.07) is -0.248.